The molecule has 0 fully saturated rings. The molecule has 0 saturated heterocycles. The average Bonchev–Trinajstić information content (AvgIpc) is 3.15. The van der Waals surface area contributed by atoms with Crippen LogP contribution in [0.25, 0.3) is 0 Å². The number of methoxy groups -OCH3 is 2. The molecule has 1 aliphatic rings. The number of carbonyl (C=O) groups is 1. The average molecular weight is 408 g/mol. The van der Waals surface area contributed by atoms with Crippen molar-refractivity contribution in [2.24, 2.45) is 0 Å². The molecule has 1 aliphatic heterocycles. The van der Waals surface area contributed by atoms with Gasteiger partial charge in [-0.3, -0.25) is 4.79 Å². The first-order valence-electron chi connectivity index (χ1n) is 8.34. The first-order valence-corrected chi connectivity index (χ1v) is 9.82. The van der Waals surface area contributed by atoms with Gasteiger partial charge in [0.15, 0.2) is 23.0 Å². The van der Waals surface area contributed by atoms with Crippen LogP contribution in [0.4, 0.5) is 5.69 Å². The molecule has 28 heavy (non-hydrogen) atoms. The minimum Gasteiger partial charge on any atom is -0.493 e. The molecular formula is C18H20N2O7S. The first-order chi connectivity index (χ1) is 13.4. The van der Waals surface area contributed by atoms with Gasteiger partial charge in [0.2, 0.25) is 22.7 Å². The van der Waals surface area contributed by atoms with E-state index in [1.807, 2.05) is 0 Å². The Balaban J connectivity index is 1.55. The number of anilines is 1. The van der Waals surface area contributed by atoms with Crippen LogP contribution in [0.15, 0.2) is 41.3 Å². The van der Waals surface area contributed by atoms with Gasteiger partial charge in [-0.05, 0) is 24.3 Å². The third kappa shape index (κ3) is 4.46. The van der Waals surface area contributed by atoms with Gasteiger partial charge in [0.05, 0.1) is 19.1 Å². The van der Waals surface area contributed by atoms with E-state index < -0.39 is 10.0 Å². The molecule has 0 aromatic heterocycles. The molecule has 9 nitrogen and oxygen atoms in total. The largest absolute Gasteiger partial charge is 0.493 e. The molecule has 3 rings (SSSR count). The van der Waals surface area contributed by atoms with E-state index in [9.17, 15) is 13.2 Å². The molecule has 2 N–H and O–H groups in total. The number of sulfonamides is 1. The minimum atomic E-state index is -3.80. The van der Waals surface area contributed by atoms with Crippen molar-refractivity contribution in [3.05, 3.63) is 36.4 Å². The predicted molar refractivity (Wildman–Crippen MR) is 101 cm³/mol. The van der Waals surface area contributed by atoms with Gasteiger partial charge < -0.3 is 24.3 Å². The highest BCUT2D eigenvalue weighted by atomic mass is 32.2. The summed E-state index contributed by atoms with van der Waals surface area (Å²) in [6.45, 7) is 0.0811. The first kappa shape index (κ1) is 19.8. The van der Waals surface area contributed by atoms with Crippen LogP contribution in [-0.4, -0.2) is 41.9 Å². The fourth-order valence-corrected chi connectivity index (χ4v) is 3.61. The van der Waals surface area contributed by atoms with Crippen LogP contribution in [0.2, 0.25) is 0 Å². The van der Waals surface area contributed by atoms with Crippen molar-refractivity contribution in [3.8, 4) is 23.0 Å². The number of carbonyl (C=O) groups excluding carboxylic acids is 1. The fraction of sp³-hybridized carbons (Fsp3) is 0.278. The summed E-state index contributed by atoms with van der Waals surface area (Å²) in [4.78, 5) is 12.1. The maximum absolute atomic E-state index is 12.4. The van der Waals surface area contributed by atoms with Crippen molar-refractivity contribution < 1.29 is 32.2 Å². The Kier molecular flexibility index (Phi) is 5.90. The normalized spacial score (nSPS) is 12.5. The Bertz CT molecular complexity index is 976. The molecule has 150 valence electrons. The Morgan fingerprint density at radius 3 is 2.54 bits per heavy atom. The molecule has 1 amide bonds. The lowest BCUT2D eigenvalue weighted by Gasteiger charge is -2.11. The Labute approximate surface area is 162 Å². The summed E-state index contributed by atoms with van der Waals surface area (Å²) < 4.78 is 47.8. The van der Waals surface area contributed by atoms with Crippen LogP contribution >= 0.6 is 0 Å². The molecule has 10 heteroatoms. The van der Waals surface area contributed by atoms with Crippen molar-refractivity contribution >= 4 is 21.6 Å². The van der Waals surface area contributed by atoms with Crippen molar-refractivity contribution in [2.45, 2.75) is 11.3 Å². The summed E-state index contributed by atoms with van der Waals surface area (Å²) in [7, 11) is -0.916. The van der Waals surface area contributed by atoms with Gasteiger partial charge in [-0.2, -0.15) is 0 Å². The van der Waals surface area contributed by atoms with E-state index in [0.717, 1.165) is 0 Å². The van der Waals surface area contributed by atoms with Gasteiger partial charge in [-0.25, -0.2) is 13.1 Å². The molecule has 0 spiro atoms. The maximum Gasteiger partial charge on any atom is 0.240 e. The summed E-state index contributed by atoms with van der Waals surface area (Å²) in [5.41, 5.74) is 0.539. The van der Waals surface area contributed by atoms with E-state index in [2.05, 4.69) is 10.0 Å². The van der Waals surface area contributed by atoms with Crippen LogP contribution in [0.5, 0.6) is 23.0 Å². The van der Waals surface area contributed by atoms with Crippen molar-refractivity contribution in [1.29, 1.82) is 0 Å². The number of amides is 1. The lowest BCUT2D eigenvalue weighted by atomic mass is 10.2. The zero-order valence-electron chi connectivity index (χ0n) is 15.4. The summed E-state index contributed by atoms with van der Waals surface area (Å²) >= 11 is 0. The SMILES string of the molecule is COc1ccc(S(=O)(=O)NCCC(=O)Nc2ccc3c(c2)OCO3)cc1OC. The van der Waals surface area contributed by atoms with E-state index in [4.69, 9.17) is 18.9 Å². The molecule has 0 atom stereocenters. The second-order valence-corrected chi connectivity index (χ2v) is 7.55. The second kappa shape index (κ2) is 8.36. The molecular weight excluding hydrogens is 388 g/mol. The van der Waals surface area contributed by atoms with Crippen LogP contribution in [-0.2, 0) is 14.8 Å². The highest BCUT2D eigenvalue weighted by molar-refractivity contribution is 7.89. The van der Waals surface area contributed by atoms with Gasteiger partial charge in [-0.1, -0.05) is 0 Å². The van der Waals surface area contributed by atoms with Crippen molar-refractivity contribution in [3.63, 3.8) is 0 Å². The zero-order valence-corrected chi connectivity index (χ0v) is 16.2. The van der Waals surface area contributed by atoms with Gasteiger partial charge in [0.1, 0.15) is 0 Å². The summed E-state index contributed by atoms with van der Waals surface area (Å²) in [5, 5.41) is 2.69. The predicted octanol–water partition coefficient (Wildman–Crippen LogP) is 1.74. The van der Waals surface area contributed by atoms with E-state index in [1.54, 1.807) is 18.2 Å². The quantitative estimate of drug-likeness (QED) is 0.684. The number of hydrogen-bond donors (Lipinski definition) is 2. The number of benzene rings is 2. The Hall–Kier alpha value is -2.98. The molecule has 0 bridgehead atoms. The second-order valence-electron chi connectivity index (χ2n) is 5.78. The number of hydrogen-bond acceptors (Lipinski definition) is 7. The summed E-state index contributed by atoms with van der Waals surface area (Å²) in [6.07, 6.45) is -0.0407. The third-order valence-electron chi connectivity index (χ3n) is 3.97. The van der Waals surface area contributed by atoms with E-state index in [0.29, 0.717) is 28.7 Å². The van der Waals surface area contributed by atoms with Crippen LogP contribution in [0, 0.1) is 0 Å². The molecule has 0 aliphatic carbocycles. The highest BCUT2D eigenvalue weighted by Crippen LogP contribution is 2.34. The van der Waals surface area contributed by atoms with Crippen LogP contribution in [0.3, 0.4) is 0 Å². The molecule has 2 aromatic rings. The monoisotopic (exact) mass is 408 g/mol. The molecule has 0 radical (unpaired) electrons. The minimum absolute atomic E-state index is 0.0151. The summed E-state index contributed by atoms with van der Waals surface area (Å²) in [5.74, 6) is 1.54. The van der Waals surface area contributed by atoms with Crippen molar-refractivity contribution in [2.75, 3.05) is 32.9 Å². The number of fused-ring (bicyclic) bond motifs is 1. The maximum atomic E-state index is 12.4. The van der Waals surface area contributed by atoms with Crippen LogP contribution < -0.4 is 29.0 Å². The van der Waals surface area contributed by atoms with Crippen molar-refractivity contribution in [1.82, 2.24) is 4.72 Å². The zero-order chi connectivity index (χ0) is 20.1. The van der Waals surface area contributed by atoms with Gasteiger partial charge in [-0.15, -0.1) is 0 Å². The van der Waals surface area contributed by atoms with Gasteiger partial charge in [0, 0.05) is 30.8 Å². The van der Waals surface area contributed by atoms with E-state index in [-0.39, 0.29) is 30.6 Å². The lowest BCUT2D eigenvalue weighted by Crippen LogP contribution is -2.27. The highest BCUT2D eigenvalue weighted by Gasteiger charge is 2.18. The molecule has 0 unspecified atom stereocenters. The number of nitrogens with one attached hydrogen (secondary N) is 2. The third-order valence-corrected chi connectivity index (χ3v) is 5.42. The van der Waals surface area contributed by atoms with E-state index >= 15 is 0 Å². The molecule has 1 heterocycles. The number of rotatable bonds is 8. The fourth-order valence-electron chi connectivity index (χ4n) is 2.56. The van der Waals surface area contributed by atoms with Gasteiger partial charge >= 0.3 is 0 Å². The summed E-state index contributed by atoms with van der Waals surface area (Å²) in [6, 6.07) is 9.27. The molecule has 2 aromatic carbocycles. The number of ether oxygens (including phenoxy) is 4. The standard InChI is InChI=1S/C18H20N2O7S/c1-24-14-6-4-13(10-16(14)25-2)28(22,23)19-8-7-18(21)20-12-3-5-15-17(9-12)27-11-26-15/h3-6,9-10,19H,7-8,11H2,1-2H3,(H,20,21). The van der Waals surface area contributed by atoms with Gasteiger partial charge in [0.25, 0.3) is 0 Å². The Morgan fingerprint density at radius 2 is 1.79 bits per heavy atom. The van der Waals surface area contributed by atoms with Crippen LogP contribution in [0.1, 0.15) is 6.42 Å². The molecule has 0 saturated carbocycles. The van der Waals surface area contributed by atoms with E-state index in [1.165, 1.54) is 32.4 Å². The lowest BCUT2D eigenvalue weighted by molar-refractivity contribution is -0.116. The smallest absolute Gasteiger partial charge is 0.240 e. The topological polar surface area (TPSA) is 112 Å². The Morgan fingerprint density at radius 1 is 1.04 bits per heavy atom.